The summed E-state index contributed by atoms with van der Waals surface area (Å²) in [5, 5.41) is 15.5. The summed E-state index contributed by atoms with van der Waals surface area (Å²) in [5.74, 6) is -0.514. The van der Waals surface area contributed by atoms with Gasteiger partial charge in [-0.05, 0) is 132 Å². The van der Waals surface area contributed by atoms with E-state index in [2.05, 4.69) is 62.6 Å². The average Bonchev–Trinajstić information content (AvgIpc) is 3.02. The zero-order valence-electron chi connectivity index (χ0n) is 28.7. The minimum atomic E-state index is -0.970. The Kier molecular flexibility index (Phi) is 8.73. The lowest BCUT2D eigenvalue weighted by Gasteiger charge is -2.56. The zero-order valence-corrected chi connectivity index (χ0v) is 28.7. The third kappa shape index (κ3) is 5.85. The lowest BCUT2D eigenvalue weighted by molar-refractivity contribution is -0.140. The van der Waals surface area contributed by atoms with E-state index in [1.54, 1.807) is 0 Å². The molecule has 2 fully saturated rings. The Morgan fingerprint density at radius 1 is 0.872 bits per heavy atom. The maximum Gasteiger partial charge on any atom is 0.303 e. The summed E-state index contributed by atoms with van der Waals surface area (Å²) in [6.07, 6.45) is 10.2. The van der Waals surface area contributed by atoms with Crippen molar-refractivity contribution >= 4 is 29.2 Å². The molecule has 47 heavy (non-hydrogen) atoms. The lowest BCUT2D eigenvalue weighted by atomic mass is 9.49. The van der Waals surface area contributed by atoms with Crippen molar-refractivity contribution in [1.29, 1.82) is 0 Å². The number of carboxylic acid groups (broad SMARTS) is 1. The van der Waals surface area contributed by atoms with Gasteiger partial charge >= 0.3 is 5.97 Å². The van der Waals surface area contributed by atoms with Crippen LogP contribution in [-0.4, -0.2) is 35.5 Å². The number of hydrogen-bond donors (Lipinski definition) is 5. The number of aliphatic carboxylic acids is 1. The predicted octanol–water partition coefficient (Wildman–Crippen LogP) is 6.24. The van der Waals surface area contributed by atoms with E-state index >= 15 is 0 Å². The van der Waals surface area contributed by atoms with Gasteiger partial charge in [0.15, 0.2) is 0 Å². The van der Waals surface area contributed by atoms with Crippen LogP contribution in [0.3, 0.4) is 0 Å². The monoisotopic (exact) mass is 642 g/mol. The number of nitrogens with one attached hydrogen (secondary N) is 2. The SMILES string of the molecule is C[C@]1(CNC(=O)[C@@]2(C)CCC[C@]3(C)c4cc(NC(=O)[C@@H](N)CCC(=O)O)ccc4CC[C@@H]23)CCC[C@]2(C)c3cc(N)ccc3CC[C@@H]12. The summed E-state index contributed by atoms with van der Waals surface area (Å²) in [7, 11) is 0. The number of anilines is 2. The second-order valence-corrected chi connectivity index (χ2v) is 16.3. The van der Waals surface area contributed by atoms with Crippen molar-refractivity contribution in [2.24, 2.45) is 28.4 Å². The molecular formula is C39H54N4O4. The van der Waals surface area contributed by atoms with Crippen LogP contribution in [0.15, 0.2) is 36.4 Å². The fourth-order valence-corrected chi connectivity index (χ4v) is 10.8. The van der Waals surface area contributed by atoms with E-state index in [0.717, 1.165) is 69.9 Å². The van der Waals surface area contributed by atoms with Gasteiger partial charge in [0.2, 0.25) is 11.8 Å². The van der Waals surface area contributed by atoms with Crippen LogP contribution >= 0.6 is 0 Å². The van der Waals surface area contributed by atoms with Crippen molar-refractivity contribution in [2.45, 2.75) is 122 Å². The van der Waals surface area contributed by atoms with Crippen molar-refractivity contribution in [3.63, 3.8) is 0 Å². The van der Waals surface area contributed by atoms with Crippen molar-refractivity contribution in [3.8, 4) is 0 Å². The molecule has 8 heteroatoms. The van der Waals surface area contributed by atoms with Gasteiger partial charge in [-0.15, -0.1) is 0 Å². The molecule has 0 saturated heterocycles. The molecule has 6 rings (SSSR count). The highest BCUT2D eigenvalue weighted by Gasteiger charge is 2.56. The predicted molar refractivity (Wildman–Crippen MR) is 186 cm³/mol. The highest BCUT2D eigenvalue weighted by molar-refractivity contribution is 5.95. The van der Waals surface area contributed by atoms with E-state index in [9.17, 15) is 14.4 Å². The van der Waals surface area contributed by atoms with Crippen LogP contribution < -0.4 is 22.1 Å². The van der Waals surface area contributed by atoms with Gasteiger partial charge in [-0.2, -0.15) is 0 Å². The van der Waals surface area contributed by atoms with Crippen LogP contribution in [0, 0.1) is 22.7 Å². The first-order chi connectivity index (χ1) is 22.2. The number of amides is 2. The average molecular weight is 643 g/mol. The summed E-state index contributed by atoms with van der Waals surface area (Å²) in [6, 6.07) is 11.7. The first kappa shape index (κ1) is 33.5. The van der Waals surface area contributed by atoms with Gasteiger partial charge in [-0.1, -0.05) is 52.7 Å². The Morgan fingerprint density at radius 2 is 1.49 bits per heavy atom. The molecule has 0 spiro atoms. The molecule has 0 aromatic heterocycles. The van der Waals surface area contributed by atoms with E-state index in [1.165, 1.54) is 22.3 Å². The Bertz CT molecular complexity index is 1570. The van der Waals surface area contributed by atoms with Gasteiger partial charge in [0.05, 0.1) is 11.5 Å². The molecule has 0 unspecified atom stereocenters. The fraction of sp³-hybridized carbons (Fsp3) is 0.615. The quantitative estimate of drug-likeness (QED) is 0.216. The highest BCUT2D eigenvalue weighted by Crippen LogP contribution is 2.59. The Hall–Kier alpha value is -3.39. The normalized spacial score (nSPS) is 33.3. The topological polar surface area (TPSA) is 148 Å². The molecule has 7 atom stereocenters. The number of carbonyl (C=O) groups excluding carboxylic acids is 2. The summed E-state index contributed by atoms with van der Waals surface area (Å²) in [5.41, 5.74) is 18.5. The Balaban J connectivity index is 1.19. The smallest absolute Gasteiger partial charge is 0.303 e. The molecule has 0 radical (unpaired) electrons. The van der Waals surface area contributed by atoms with Gasteiger partial charge in [0, 0.05) is 24.3 Å². The van der Waals surface area contributed by atoms with Crippen LogP contribution in [0.4, 0.5) is 11.4 Å². The van der Waals surface area contributed by atoms with Crippen LogP contribution in [-0.2, 0) is 38.1 Å². The van der Waals surface area contributed by atoms with E-state index in [-0.39, 0.29) is 46.8 Å². The van der Waals surface area contributed by atoms with Crippen molar-refractivity contribution in [1.82, 2.24) is 5.32 Å². The third-order valence-electron chi connectivity index (χ3n) is 13.3. The molecule has 0 aliphatic heterocycles. The number of nitrogens with two attached hydrogens (primary N) is 2. The third-order valence-corrected chi connectivity index (χ3v) is 13.3. The summed E-state index contributed by atoms with van der Waals surface area (Å²) >= 11 is 0. The van der Waals surface area contributed by atoms with E-state index in [0.29, 0.717) is 18.2 Å². The van der Waals surface area contributed by atoms with Crippen molar-refractivity contribution < 1.29 is 19.5 Å². The van der Waals surface area contributed by atoms with Crippen LogP contribution in [0.25, 0.3) is 0 Å². The number of carboxylic acids is 1. The Labute approximate surface area is 279 Å². The fourth-order valence-electron chi connectivity index (χ4n) is 10.8. The second-order valence-electron chi connectivity index (χ2n) is 16.3. The number of fused-ring (bicyclic) bond motifs is 6. The molecule has 2 aromatic rings. The first-order valence-electron chi connectivity index (χ1n) is 17.8. The number of nitrogen functional groups attached to an aromatic ring is 1. The van der Waals surface area contributed by atoms with E-state index in [4.69, 9.17) is 16.6 Å². The molecule has 254 valence electrons. The largest absolute Gasteiger partial charge is 0.481 e. The number of carbonyl (C=O) groups is 3. The Morgan fingerprint density at radius 3 is 2.19 bits per heavy atom. The molecule has 0 bridgehead atoms. The summed E-state index contributed by atoms with van der Waals surface area (Å²) in [4.78, 5) is 38.2. The molecule has 2 saturated carbocycles. The van der Waals surface area contributed by atoms with Crippen molar-refractivity contribution in [3.05, 3.63) is 58.7 Å². The molecular weight excluding hydrogens is 588 g/mol. The molecule has 8 nitrogen and oxygen atoms in total. The zero-order chi connectivity index (χ0) is 33.8. The van der Waals surface area contributed by atoms with Gasteiger partial charge in [0.25, 0.3) is 0 Å². The molecule has 4 aliphatic rings. The standard InChI is InChI=1S/C39H54N4O4/c1-36(17-5-18-37(2)28-21-26(40)11-7-24(28)9-14-31(36)37)23-42-35(47)39(4)20-6-19-38(3)29-22-27(12-8-25(29)10-15-32(38)39)43-34(46)30(41)13-16-33(44)45/h7-8,11-12,21-22,30-32H,5-6,9-10,13-20,23,40-41H2,1-4H3,(H,42,47)(H,43,46)(H,44,45)/t30-,31-,32+,36+,37+,38+,39-/m0/s1. The van der Waals surface area contributed by atoms with Gasteiger partial charge in [-0.3, -0.25) is 14.4 Å². The maximum absolute atomic E-state index is 14.5. The molecule has 0 heterocycles. The van der Waals surface area contributed by atoms with Gasteiger partial charge < -0.3 is 27.2 Å². The van der Waals surface area contributed by atoms with Gasteiger partial charge in [-0.25, -0.2) is 0 Å². The first-order valence-corrected chi connectivity index (χ1v) is 17.8. The minimum absolute atomic E-state index is 0.0108. The molecule has 2 aromatic carbocycles. The van der Waals surface area contributed by atoms with Crippen LogP contribution in [0.5, 0.6) is 0 Å². The van der Waals surface area contributed by atoms with Crippen LogP contribution in [0.2, 0.25) is 0 Å². The number of hydrogen-bond acceptors (Lipinski definition) is 5. The second kappa shape index (κ2) is 12.2. The van der Waals surface area contributed by atoms with Gasteiger partial charge in [0.1, 0.15) is 0 Å². The van der Waals surface area contributed by atoms with Crippen molar-refractivity contribution in [2.75, 3.05) is 17.6 Å². The lowest BCUT2D eigenvalue weighted by Crippen LogP contribution is -2.58. The van der Waals surface area contributed by atoms with E-state index in [1.807, 2.05) is 12.1 Å². The molecule has 4 aliphatic carbocycles. The number of aryl methyl sites for hydroxylation is 2. The molecule has 2 amide bonds. The summed E-state index contributed by atoms with van der Waals surface area (Å²) < 4.78 is 0. The van der Waals surface area contributed by atoms with Crippen LogP contribution in [0.1, 0.15) is 114 Å². The molecule has 7 N–H and O–H groups in total. The highest BCUT2D eigenvalue weighted by atomic mass is 16.4. The maximum atomic E-state index is 14.5. The van der Waals surface area contributed by atoms with E-state index < -0.39 is 17.4 Å². The number of rotatable bonds is 8. The summed E-state index contributed by atoms with van der Waals surface area (Å²) in [6.45, 7) is 10.0. The minimum Gasteiger partial charge on any atom is -0.481 e. The number of benzene rings is 2.